The first-order valence-corrected chi connectivity index (χ1v) is 13.0. The summed E-state index contributed by atoms with van der Waals surface area (Å²) < 4.78 is 33.3. The molecule has 0 radical (unpaired) electrons. The molecule has 1 aliphatic carbocycles. The summed E-state index contributed by atoms with van der Waals surface area (Å²) in [6.07, 6.45) is 7.37. The van der Waals surface area contributed by atoms with Crippen molar-refractivity contribution in [3.05, 3.63) is 65.1 Å². The molecule has 2 aromatic rings. The van der Waals surface area contributed by atoms with Crippen molar-refractivity contribution >= 4 is 21.7 Å². The number of fused-ring (bicyclic) bond motifs is 1. The molecular formula is C25H27N3O5S. The minimum absolute atomic E-state index is 0.0937. The first-order chi connectivity index (χ1) is 16.4. The number of nitrogens with one attached hydrogen (secondary N) is 1. The van der Waals surface area contributed by atoms with Gasteiger partial charge in [0.05, 0.1) is 17.1 Å². The molecule has 0 spiro atoms. The Morgan fingerprint density at radius 2 is 1.97 bits per heavy atom. The van der Waals surface area contributed by atoms with Crippen LogP contribution >= 0.6 is 0 Å². The fraction of sp³-hybridized carbons (Fsp3) is 0.400. The molecule has 1 aromatic carbocycles. The van der Waals surface area contributed by atoms with Crippen LogP contribution < -0.4 is 4.72 Å². The van der Waals surface area contributed by atoms with Gasteiger partial charge >= 0.3 is 5.97 Å². The molecule has 1 fully saturated rings. The Balaban J connectivity index is 1.39. The van der Waals surface area contributed by atoms with Gasteiger partial charge in [0.1, 0.15) is 17.9 Å². The normalized spacial score (nSPS) is 20.6. The Morgan fingerprint density at radius 3 is 2.74 bits per heavy atom. The summed E-state index contributed by atoms with van der Waals surface area (Å²) in [5.41, 5.74) is 1.93. The van der Waals surface area contributed by atoms with Gasteiger partial charge in [-0.3, -0.25) is 4.72 Å². The monoisotopic (exact) mass is 481 g/mol. The Hall–Kier alpha value is -3.38. The topological polar surface area (TPSA) is 129 Å². The third-order valence-corrected chi connectivity index (χ3v) is 7.63. The molecule has 34 heavy (non-hydrogen) atoms. The summed E-state index contributed by atoms with van der Waals surface area (Å²) in [5, 5.41) is 19.4. The van der Waals surface area contributed by atoms with Crippen molar-refractivity contribution in [2.75, 3.05) is 4.72 Å². The summed E-state index contributed by atoms with van der Waals surface area (Å²) in [6.45, 7) is 0. The number of rotatable bonds is 7. The zero-order chi connectivity index (χ0) is 24.1. The third kappa shape index (κ3) is 5.39. The number of nitrogens with zero attached hydrogens (tertiary/aromatic N) is 2. The molecule has 1 aliphatic heterocycles. The van der Waals surface area contributed by atoms with E-state index in [4.69, 9.17) is 10.00 Å². The fourth-order valence-electron chi connectivity index (χ4n) is 4.57. The van der Waals surface area contributed by atoms with Gasteiger partial charge in [-0.25, -0.2) is 9.78 Å². The Morgan fingerprint density at radius 1 is 1.15 bits per heavy atom. The lowest BCUT2D eigenvalue weighted by Crippen LogP contribution is -2.34. The molecule has 4 rings (SSSR count). The van der Waals surface area contributed by atoms with Crippen LogP contribution in [0.15, 0.2) is 59.0 Å². The number of benzene rings is 1. The second-order valence-corrected chi connectivity index (χ2v) is 10.3. The molecule has 1 saturated carbocycles. The van der Waals surface area contributed by atoms with Crippen molar-refractivity contribution in [2.24, 2.45) is 5.92 Å². The van der Waals surface area contributed by atoms with Crippen molar-refractivity contribution < 1.29 is 23.1 Å². The first-order valence-electron chi connectivity index (χ1n) is 11.5. The van der Waals surface area contributed by atoms with Gasteiger partial charge in [-0.05, 0) is 68.4 Å². The molecule has 0 bridgehead atoms. The number of anilines is 1. The van der Waals surface area contributed by atoms with E-state index in [9.17, 15) is 18.3 Å². The van der Waals surface area contributed by atoms with Gasteiger partial charge in [0.25, 0.3) is 10.0 Å². The fourth-order valence-corrected chi connectivity index (χ4v) is 5.55. The summed E-state index contributed by atoms with van der Waals surface area (Å²) in [7, 11) is -3.89. The molecule has 178 valence electrons. The lowest BCUT2D eigenvalue weighted by molar-refractivity contribution is -0.150. The van der Waals surface area contributed by atoms with Crippen molar-refractivity contribution in [1.82, 2.24) is 4.98 Å². The van der Waals surface area contributed by atoms with E-state index in [2.05, 4.69) is 9.71 Å². The van der Waals surface area contributed by atoms with Crippen LogP contribution in [0.5, 0.6) is 0 Å². The van der Waals surface area contributed by atoms with Crippen LogP contribution in [-0.2, 0) is 26.0 Å². The van der Waals surface area contributed by atoms with E-state index in [1.54, 1.807) is 18.2 Å². The highest BCUT2D eigenvalue weighted by atomic mass is 32.2. The number of esters is 1. The molecule has 2 N–H and O–H groups in total. The summed E-state index contributed by atoms with van der Waals surface area (Å²) in [5.74, 6) is -0.319. The van der Waals surface area contributed by atoms with Gasteiger partial charge in [0, 0.05) is 11.9 Å². The van der Waals surface area contributed by atoms with Gasteiger partial charge in [-0.2, -0.15) is 13.7 Å². The Bertz CT molecular complexity index is 1230. The number of carbonyl (C=O) groups is 1. The highest BCUT2D eigenvalue weighted by molar-refractivity contribution is 7.92. The predicted octanol–water partition coefficient (Wildman–Crippen LogP) is 4.39. The predicted molar refractivity (Wildman–Crippen MR) is 125 cm³/mol. The number of aromatic nitrogens is 1. The second kappa shape index (κ2) is 10.3. The van der Waals surface area contributed by atoms with Crippen LogP contribution in [-0.4, -0.2) is 30.6 Å². The van der Waals surface area contributed by atoms with Crippen molar-refractivity contribution in [1.29, 1.82) is 5.26 Å². The highest BCUT2D eigenvalue weighted by Crippen LogP contribution is 2.37. The number of hydrogen-bond acceptors (Lipinski definition) is 7. The van der Waals surface area contributed by atoms with Gasteiger partial charge < -0.3 is 9.84 Å². The van der Waals surface area contributed by atoms with Gasteiger partial charge in [0.2, 0.25) is 0 Å². The Labute approximate surface area is 199 Å². The lowest BCUT2D eigenvalue weighted by atomic mass is 9.88. The molecule has 9 heteroatoms. The van der Waals surface area contributed by atoms with Gasteiger partial charge in [-0.1, -0.05) is 25.0 Å². The quantitative estimate of drug-likeness (QED) is 0.561. The van der Waals surface area contributed by atoms with Crippen LogP contribution in [0.1, 0.15) is 56.1 Å². The number of aryl methyl sites for hydroxylation is 1. The zero-order valence-electron chi connectivity index (χ0n) is 18.7. The van der Waals surface area contributed by atoms with Crippen LogP contribution in [0.3, 0.4) is 0 Å². The van der Waals surface area contributed by atoms with Crippen LogP contribution in [0.25, 0.3) is 0 Å². The minimum Gasteiger partial charge on any atom is -0.511 e. The summed E-state index contributed by atoms with van der Waals surface area (Å²) >= 11 is 0. The number of sulfonamides is 1. The number of hydrogen-bond donors (Lipinski definition) is 2. The second-order valence-electron chi connectivity index (χ2n) is 8.71. The average Bonchev–Trinajstić information content (AvgIpc) is 3.07. The average molecular weight is 482 g/mol. The van der Waals surface area contributed by atoms with E-state index in [1.165, 1.54) is 18.3 Å². The molecule has 2 heterocycles. The maximum atomic E-state index is 12.6. The third-order valence-electron chi connectivity index (χ3n) is 6.33. The lowest BCUT2D eigenvalue weighted by Gasteiger charge is -2.31. The number of ether oxygens (including phenoxy) is 1. The number of nitriles is 1. The van der Waals surface area contributed by atoms with Crippen LogP contribution in [0.2, 0.25) is 0 Å². The number of pyridine rings is 1. The van der Waals surface area contributed by atoms with Gasteiger partial charge in [0.15, 0.2) is 5.03 Å². The number of aliphatic hydroxyl groups is 1. The molecule has 2 unspecified atom stereocenters. The minimum atomic E-state index is -3.89. The summed E-state index contributed by atoms with van der Waals surface area (Å²) in [4.78, 5) is 16.3. The van der Waals surface area contributed by atoms with Crippen LogP contribution in [0.4, 0.5) is 5.69 Å². The van der Waals surface area contributed by atoms with Gasteiger partial charge in [-0.15, -0.1) is 0 Å². The van der Waals surface area contributed by atoms with E-state index in [0.29, 0.717) is 30.5 Å². The van der Waals surface area contributed by atoms with Crippen molar-refractivity contribution in [3.8, 4) is 6.07 Å². The molecule has 0 saturated heterocycles. The largest absolute Gasteiger partial charge is 0.511 e. The highest BCUT2D eigenvalue weighted by Gasteiger charge is 2.37. The first kappa shape index (κ1) is 23.8. The number of carbonyl (C=O) groups excluding carboxylic acids is 1. The molecule has 0 amide bonds. The maximum absolute atomic E-state index is 12.6. The standard InChI is InChI=1S/C25H27N3O5S/c26-15-18-12-13-23(27-16-18)34(31,32)28-19-8-4-6-17(14-19)7-5-10-21-24(29)20-9-2-1-3-11-22(20)33-25(21)30/h4,6,8,12-14,16,20,22,28-29H,1-3,5,7,9-11H2. The van der Waals surface area contributed by atoms with Crippen LogP contribution in [0, 0.1) is 17.2 Å². The van der Waals surface area contributed by atoms with E-state index >= 15 is 0 Å². The maximum Gasteiger partial charge on any atom is 0.337 e. The zero-order valence-corrected chi connectivity index (χ0v) is 19.6. The summed E-state index contributed by atoms with van der Waals surface area (Å²) in [6, 6.07) is 11.6. The molecule has 2 atom stereocenters. The smallest absolute Gasteiger partial charge is 0.337 e. The van der Waals surface area contributed by atoms with Crippen molar-refractivity contribution in [3.63, 3.8) is 0 Å². The molecular weight excluding hydrogens is 454 g/mol. The Kier molecular flexibility index (Phi) is 7.17. The molecule has 1 aromatic heterocycles. The van der Waals surface area contributed by atoms with Crippen molar-refractivity contribution in [2.45, 2.75) is 62.5 Å². The molecule has 2 aliphatic rings. The van der Waals surface area contributed by atoms with E-state index in [1.807, 2.05) is 12.1 Å². The van der Waals surface area contributed by atoms with E-state index in [-0.39, 0.29) is 28.4 Å². The van der Waals surface area contributed by atoms with E-state index < -0.39 is 16.0 Å². The SMILES string of the molecule is N#Cc1ccc(S(=O)(=O)Nc2cccc(CCCC3=C(O)C4CCCCCC4OC3=O)c2)nc1. The molecule has 8 nitrogen and oxygen atoms in total. The van der Waals surface area contributed by atoms with E-state index in [0.717, 1.165) is 37.7 Å². The number of aliphatic hydroxyl groups excluding tert-OH is 1.